The highest BCUT2D eigenvalue weighted by molar-refractivity contribution is 14.1. The Morgan fingerprint density at radius 2 is 1.60 bits per heavy atom. The Kier molecular flexibility index (Phi) is 5.12. The molecule has 0 aliphatic carbocycles. The maximum atomic E-state index is 10.4. The predicted molar refractivity (Wildman–Crippen MR) is 87.8 cm³/mol. The van der Waals surface area contributed by atoms with Crippen molar-refractivity contribution in [1.29, 1.82) is 0 Å². The number of benzene rings is 2. The van der Waals surface area contributed by atoms with Crippen LogP contribution in [0.3, 0.4) is 0 Å². The largest absolute Gasteiger partial charge is 0.493 e. The Labute approximate surface area is 136 Å². The van der Waals surface area contributed by atoms with Crippen LogP contribution in [0.25, 0.3) is 0 Å². The second-order valence-corrected chi connectivity index (χ2v) is 5.76. The van der Waals surface area contributed by atoms with Gasteiger partial charge in [0.05, 0.1) is 19.2 Å². The van der Waals surface area contributed by atoms with Gasteiger partial charge in [-0.15, -0.1) is 0 Å². The Balaban J connectivity index is 2.37. The van der Waals surface area contributed by atoms with E-state index in [9.17, 15) is 5.11 Å². The second kappa shape index (κ2) is 6.65. The Morgan fingerprint density at radius 1 is 1.00 bits per heavy atom. The predicted octanol–water partition coefficient (Wildman–Crippen LogP) is 4.04. The molecule has 0 saturated carbocycles. The molecule has 1 N–H and O–H groups in total. The molecule has 3 nitrogen and oxygen atoms in total. The van der Waals surface area contributed by atoms with E-state index in [4.69, 9.17) is 21.1 Å². The molecule has 0 fully saturated rings. The van der Waals surface area contributed by atoms with Gasteiger partial charge < -0.3 is 14.6 Å². The van der Waals surface area contributed by atoms with Crippen LogP contribution in [-0.4, -0.2) is 19.3 Å². The van der Waals surface area contributed by atoms with Gasteiger partial charge in [0.15, 0.2) is 11.5 Å². The monoisotopic (exact) mass is 404 g/mol. The van der Waals surface area contributed by atoms with Crippen molar-refractivity contribution in [2.45, 2.75) is 6.10 Å². The molecule has 0 heterocycles. The van der Waals surface area contributed by atoms with Crippen LogP contribution in [0.1, 0.15) is 17.2 Å². The van der Waals surface area contributed by atoms with Gasteiger partial charge in [-0.3, -0.25) is 0 Å². The lowest BCUT2D eigenvalue weighted by atomic mass is 10.0. The van der Waals surface area contributed by atoms with E-state index >= 15 is 0 Å². The van der Waals surface area contributed by atoms with Gasteiger partial charge in [-0.25, -0.2) is 0 Å². The summed E-state index contributed by atoms with van der Waals surface area (Å²) in [5.74, 6) is 1.21. The standard InChI is InChI=1S/C15H14ClIO3/c1-19-13-6-4-10(8-14(13)20-2)15(18)9-3-5-12(17)11(16)7-9/h3-8,15,18H,1-2H3. The van der Waals surface area contributed by atoms with Crippen molar-refractivity contribution >= 4 is 34.2 Å². The summed E-state index contributed by atoms with van der Waals surface area (Å²) in [6.07, 6.45) is -0.760. The first-order valence-corrected chi connectivity index (χ1v) is 7.37. The number of hydrogen-bond donors (Lipinski definition) is 1. The third-order valence-corrected chi connectivity index (χ3v) is 4.55. The molecule has 2 aromatic rings. The van der Waals surface area contributed by atoms with E-state index in [1.165, 1.54) is 0 Å². The van der Waals surface area contributed by atoms with Crippen LogP contribution in [0.2, 0.25) is 5.02 Å². The third-order valence-electron chi connectivity index (χ3n) is 2.98. The molecule has 0 aliphatic rings. The first kappa shape index (κ1) is 15.4. The van der Waals surface area contributed by atoms with E-state index in [0.29, 0.717) is 16.5 Å². The van der Waals surface area contributed by atoms with Crippen molar-refractivity contribution < 1.29 is 14.6 Å². The molecule has 2 aromatic carbocycles. The molecule has 20 heavy (non-hydrogen) atoms. The van der Waals surface area contributed by atoms with Crippen LogP contribution in [0.5, 0.6) is 11.5 Å². The van der Waals surface area contributed by atoms with Crippen LogP contribution in [0, 0.1) is 3.57 Å². The highest BCUT2D eigenvalue weighted by Crippen LogP contribution is 2.33. The minimum Gasteiger partial charge on any atom is -0.493 e. The van der Waals surface area contributed by atoms with E-state index in [0.717, 1.165) is 14.7 Å². The Hall–Kier alpha value is -0.980. The maximum absolute atomic E-state index is 10.4. The van der Waals surface area contributed by atoms with Crippen molar-refractivity contribution in [2.75, 3.05) is 14.2 Å². The van der Waals surface area contributed by atoms with E-state index < -0.39 is 6.10 Å². The lowest BCUT2D eigenvalue weighted by Crippen LogP contribution is -2.01. The molecule has 0 amide bonds. The maximum Gasteiger partial charge on any atom is 0.161 e. The summed E-state index contributed by atoms with van der Waals surface area (Å²) in [5, 5.41) is 11.1. The fourth-order valence-electron chi connectivity index (χ4n) is 1.90. The number of aliphatic hydroxyl groups is 1. The molecule has 1 atom stereocenters. The highest BCUT2D eigenvalue weighted by Gasteiger charge is 2.14. The number of ether oxygens (including phenoxy) is 2. The van der Waals surface area contributed by atoms with Gasteiger partial charge in [-0.1, -0.05) is 23.7 Å². The molecule has 0 aliphatic heterocycles. The first-order chi connectivity index (χ1) is 9.56. The minimum atomic E-state index is -0.760. The molecule has 1 unspecified atom stereocenters. The van der Waals surface area contributed by atoms with Crippen LogP contribution in [-0.2, 0) is 0 Å². The van der Waals surface area contributed by atoms with Crippen molar-refractivity contribution in [1.82, 2.24) is 0 Å². The van der Waals surface area contributed by atoms with Gasteiger partial charge >= 0.3 is 0 Å². The lowest BCUT2D eigenvalue weighted by Gasteiger charge is -2.15. The topological polar surface area (TPSA) is 38.7 Å². The van der Waals surface area contributed by atoms with Crippen LogP contribution >= 0.6 is 34.2 Å². The molecule has 0 aromatic heterocycles. The van der Waals surface area contributed by atoms with Gasteiger partial charge in [-0.05, 0) is 58.0 Å². The SMILES string of the molecule is COc1ccc(C(O)c2ccc(I)c(Cl)c2)cc1OC. The summed E-state index contributed by atoms with van der Waals surface area (Å²) in [7, 11) is 3.14. The molecule has 106 valence electrons. The fraction of sp³-hybridized carbons (Fsp3) is 0.200. The average Bonchev–Trinajstić information content (AvgIpc) is 2.48. The summed E-state index contributed by atoms with van der Waals surface area (Å²) >= 11 is 8.24. The quantitative estimate of drug-likeness (QED) is 0.782. The number of methoxy groups -OCH3 is 2. The molecule has 2 rings (SSSR count). The van der Waals surface area contributed by atoms with Crippen molar-refractivity contribution in [2.24, 2.45) is 0 Å². The number of hydrogen-bond acceptors (Lipinski definition) is 3. The highest BCUT2D eigenvalue weighted by atomic mass is 127. The summed E-state index contributed by atoms with van der Waals surface area (Å²) < 4.78 is 11.4. The molecule has 5 heteroatoms. The molecule has 0 bridgehead atoms. The van der Waals surface area contributed by atoms with Crippen LogP contribution in [0.4, 0.5) is 0 Å². The Morgan fingerprint density at radius 3 is 2.20 bits per heavy atom. The molecule has 0 spiro atoms. The first-order valence-electron chi connectivity index (χ1n) is 5.91. The normalized spacial score (nSPS) is 12.1. The summed E-state index contributed by atoms with van der Waals surface area (Å²) in [6.45, 7) is 0. The number of halogens is 2. The van der Waals surface area contributed by atoms with E-state index in [-0.39, 0.29) is 0 Å². The van der Waals surface area contributed by atoms with E-state index in [1.54, 1.807) is 38.5 Å². The fourth-order valence-corrected chi connectivity index (χ4v) is 2.42. The van der Waals surface area contributed by atoms with Gasteiger partial charge in [0, 0.05) is 3.57 Å². The Bertz CT molecular complexity index is 616. The average molecular weight is 405 g/mol. The van der Waals surface area contributed by atoms with Gasteiger partial charge in [-0.2, -0.15) is 0 Å². The zero-order chi connectivity index (χ0) is 14.7. The van der Waals surface area contributed by atoms with Crippen molar-refractivity contribution in [3.63, 3.8) is 0 Å². The van der Waals surface area contributed by atoms with Crippen molar-refractivity contribution in [3.8, 4) is 11.5 Å². The summed E-state index contributed by atoms with van der Waals surface area (Å²) in [6, 6.07) is 10.8. The summed E-state index contributed by atoms with van der Waals surface area (Å²) in [4.78, 5) is 0. The minimum absolute atomic E-state index is 0.584. The summed E-state index contributed by atoms with van der Waals surface area (Å²) in [5.41, 5.74) is 1.46. The van der Waals surface area contributed by atoms with Gasteiger partial charge in [0.1, 0.15) is 6.10 Å². The molecular formula is C15H14ClIO3. The molecular weight excluding hydrogens is 391 g/mol. The molecule has 0 radical (unpaired) electrons. The van der Waals surface area contributed by atoms with Gasteiger partial charge in [0.2, 0.25) is 0 Å². The number of rotatable bonds is 4. The zero-order valence-corrected chi connectivity index (χ0v) is 14.0. The smallest absolute Gasteiger partial charge is 0.161 e. The van der Waals surface area contributed by atoms with E-state index in [1.807, 2.05) is 12.1 Å². The third kappa shape index (κ3) is 3.19. The van der Waals surface area contributed by atoms with Gasteiger partial charge in [0.25, 0.3) is 0 Å². The molecule has 0 saturated heterocycles. The van der Waals surface area contributed by atoms with E-state index in [2.05, 4.69) is 22.6 Å². The van der Waals surface area contributed by atoms with Crippen LogP contribution in [0.15, 0.2) is 36.4 Å². The van der Waals surface area contributed by atoms with Crippen LogP contribution < -0.4 is 9.47 Å². The lowest BCUT2D eigenvalue weighted by molar-refractivity contribution is 0.219. The van der Waals surface area contributed by atoms with Crippen molar-refractivity contribution in [3.05, 3.63) is 56.1 Å². The second-order valence-electron chi connectivity index (χ2n) is 4.19. The number of aliphatic hydroxyl groups excluding tert-OH is 1. The zero-order valence-electron chi connectivity index (χ0n) is 11.1.